The second-order valence-electron chi connectivity index (χ2n) is 10.4. The van der Waals surface area contributed by atoms with Crippen molar-refractivity contribution < 1.29 is 9.59 Å². The number of hydrogen-bond acceptors (Lipinski definition) is 4. The Labute approximate surface area is 227 Å². The van der Waals surface area contributed by atoms with E-state index >= 15 is 0 Å². The minimum Gasteiger partial charge on any atom is -0.380 e. The number of allylic oxidation sites excluding steroid dienone is 2. The molecule has 0 bridgehead atoms. The topological polar surface area (TPSA) is 58.2 Å². The summed E-state index contributed by atoms with van der Waals surface area (Å²) in [6.07, 6.45) is 13.4. The van der Waals surface area contributed by atoms with Gasteiger partial charge in [-0.1, -0.05) is 131 Å². The van der Waals surface area contributed by atoms with Gasteiger partial charge in [0.25, 0.3) is 0 Å². The van der Waals surface area contributed by atoms with Crippen LogP contribution < -0.4 is 10.6 Å². The Morgan fingerprint density at radius 1 is 0.553 bits per heavy atom. The predicted octanol–water partition coefficient (Wildman–Crippen LogP) is 7.77. The second kappa shape index (κ2) is 14.5. The van der Waals surface area contributed by atoms with E-state index in [0.29, 0.717) is 35.6 Å². The molecule has 0 unspecified atom stereocenters. The number of nitrogens with one attached hydrogen (secondary N) is 2. The first kappa shape index (κ1) is 27.6. The molecule has 0 amide bonds. The number of Topliss-reactive ketones (excluding diaryl/α,β-unsaturated/α-hetero) is 2. The van der Waals surface area contributed by atoms with Crippen molar-refractivity contribution in [3.63, 3.8) is 0 Å². The van der Waals surface area contributed by atoms with Crippen molar-refractivity contribution in [2.75, 3.05) is 13.1 Å². The summed E-state index contributed by atoms with van der Waals surface area (Å²) in [5.41, 5.74) is 3.00. The third kappa shape index (κ3) is 7.34. The molecule has 0 radical (unpaired) electrons. The third-order valence-corrected chi connectivity index (χ3v) is 7.48. The van der Waals surface area contributed by atoms with Crippen LogP contribution in [0.4, 0.5) is 0 Å². The maximum Gasteiger partial charge on any atom is 0.211 e. The number of ketones is 2. The van der Waals surface area contributed by atoms with Crippen molar-refractivity contribution in [2.24, 2.45) is 0 Å². The third-order valence-electron chi connectivity index (χ3n) is 7.48. The highest BCUT2D eigenvalue weighted by Gasteiger charge is 2.31. The van der Waals surface area contributed by atoms with Gasteiger partial charge in [0, 0.05) is 24.2 Å². The molecule has 0 aromatic heterocycles. The Kier molecular flexibility index (Phi) is 10.6. The van der Waals surface area contributed by atoms with Crippen molar-refractivity contribution in [3.05, 3.63) is 94.8 Å². The molecule has 0 atom stereocenters. The smallest absolute Gasteiger partial charge is 0.211 e. The van der Waals surface area contributed by atoms with Gasteiger partial charge in [0.15, 0.2) is 0 Å². The molecule has 1 aliphatic rings. The highest BCUT2D eigenvalue weighted by Crippen LogP contribution is 2.24. The van der Waals surface area contributed by atoms with Crippen molar-refractivity contribution >= 4 is 22.3 Å². The molecule has 3 aromatic rings. The molecule has 0 aliphatic heterocycles. The van der Waals surface area contributed by atoms with Gasteiger partial charge in [0.05, 0.1) is 0 Å². The zero-order valence-electron chi connectivity index (χ0n) is 22.9. The summed E-state index contributed by atoms with van der Waals surface area (Å²) < 4.78 is 0. The Morgan fingerprint density at radius 2 is 1.08 bits per heavy atom. The van der Waals surface area contributed by atoms with Crippen molar-refractivity contribution in [2.45, 2.75) is 77.6 Å². The average molecular weight is 511 g/mol. The van der Waals surface area contributed by atoms with E-state index in [2.05, 4.69) is 47.9 Å². The van der Waals surface area contributed by atoms with Crippen LogP contribution in [-0.2, 0) is 6.42 Å². The van der Waals surface area contributed by atoms with E-state index in [1.165, 1.54) is 67.7 Å². The minimum absolute atomic E-state index is 0.0968. The number of benzene rings is 3. The first-order valence-electron chi connectivity index (χ1n) is 14.6. The molecule has 38 heavy (non-hydrogen) atoms. The van der Waals surface area contributed by atoms with Gasteiger partial charge in [-0.25, -0.2) is 0 Å². The van der Waals surface area contributed by atoms with E-state index < -0.39 is 0 Å². The van der Waals surface area contributed by atoms with Gasteiger partial charge in [0.2, 0.25) is 11.6 Å². The first-order valence-corrected chi connectivity index (χ1v) is 14.6. The molecule has 200 valence electrons. The van der Waals surface area contributed by atoms with Crippen molar-refractivity contribution in [3.8, 4) is 0 Å². The van der Waals surface area contributed by atoms with Crippen LogP contribution in [0.15, 0.2) is 78.1 Å². The van der Waals surface area contributed by atoms with Crippen LogP contribution in [-0.4, -0.2) is 24.7 Å². The number of fused-ring (bicyclic) bond motifs is 2. The van der Waals surface area contributed by atoms with E-state index in [-0.39, 0.29) is 11.6 Å². The van der Waals surface area contributed by atoms with Crippen LogP contribution in [0.5, 0.6) is 0 Å². The molecule has 4 rings (SSSR count). The molecular formula is C34H42N2O2. The summed E-state index contributed by atoms with van der Waals surface area (Å²) in [5, 5.41) is 9.09. The Hall–Kier alpha value is -3.40. The summed E-state index contributed by atoms with van der Waals surface area (Å²) in [4.78, 5) is 26.7. The predicted molar refractivity (Wildman–Crippen MR) is 158 cm³/mol. The largest absolute Gasteiger partial charge is 0.380 e. The number of unbranched alkanes of at least 4 members (excludes halogenated alkanes) is 9. The minimum atomic E-state index is -0.107. The highest BCUT2D eigenvalue weighted by molar-refractivity contribution is 6.26. The monoisotopic (exact) mass is 510 g/mol. The fraction of sp³-hybridized carbons (Fsp3) is 0.412. The van der Waals surface area contributed by atoms with Gasteiger partial charge in [0.1, 0.15) is 11.4 Å². The van der Waals surface area contributed by atoms with E-state index in [9.17, 15) is 9.59 Å². The van der Waals surface area contributed by atoms with Crippen molar-refractivity contribution in [1.82, 2.24) is 10.6 Å². The van der Waals surface area contributed by atoms with Gasteiger partial charge in [-0.05, 0) is 29.2 Å². The Bertz CT molecular complexity index is 1260. The lowest BCUT2D eigenvalue weighted by atomic mass is 9.90. The average Bonchev–Trinajstić information content (AvgIpc) is 2.95. The maximum atomic E-state index is 13.4. The van der Waals surface area contributed by atoms with E-state index in [4.69, 9.17) is 0 Å². The molecule has 1 aliphatic carbocycles. The van der Waals surface area contributed by atoms with Gasteiger partial charge >= 0.3 is 0 Å². The normalized spacial score (nSPS) is 13.2. The fourth-order valence-corrected chi connectivity index (χ4v) is 5.26. The fourth-order valence-electron chi connectivity index (χ4n) is 5.26. The van der Waals surface area contributed by atoms with Gasteiger partial charge in [-0.2, -0.15) is 0 Å². The standard InChI is InChI=1S/C34H42N2O2/c1-2-3-4-5-6-7-8-9-10-15-23-35-31-32(34(38)30-19-14-13-18-29(30)33(31)37)36-24-22-26-20-21-27-16-11-12-17-28(27)25-26/h11-14,16-21,25,35-36H,2-10,15,22-24H2,1H3. The number of carbonyl (C=O) groups is 2. The quantitative estimate of drug-likeness (QED) is 0.193. The van der Waals surface area contributed by atoms with E-state index in [1.54, 1.807) is 12.1 Å². The maximum absolute atomic E-state index is 13.4. The molecule has 0 heterocycles. The molecule has 0 saturated heterocycles. The first-order chi connectivity index (χ1) is 18.7. The zero-order chi connectivity index (χ0) is 26.6. The summed E-state index contributed by atoms with van der Waals surface area (Å²) >= 11 is 0. The summed E-state index contributed by atoms with van der Waals surface area (Å²) in [5.74, 6) is -0.204. The zero-order valence-corrected chi connectivity index (χ0v) is 22.9. The summed E-state index contributed by atoms with van der Waals surface area (Å²) in [6, 6.07) is 21.9. The Morgan fingerprint density at radius 3 is 1.71 bits per heavy atom. The molecule has 4 heteroatoms. The Balaban J connectivity index is 1.32. The SMILES string of the molecule is CCCCCCCCCCCCNC1=C(NCCc2ccc3ccccc3c2)C(=O)c2ccccc2C1=O. The highest BCUT2D eigenvalue weighted by atomic mass is 16.1. The summed E-state index contributed by atoms with van der Waals surface area (Å²) in [6.45, 7) is 3.53. The van der Waals surface area contributed by atoms with Crippen LogP contribution in [0.3, 0.4) is 0 Å². The van der Waals surface area contributed by atoms with Crippen LogP contribution in [0.1, 0.15) is 97.4 Å². The number of rotatable bonds is 16. The van der Waals surface area contributed by atoms with Crippen LogP contribution in [0.2, 0.25) is 0 Å². The molecular weight excluding hydrogens is 468 g/mol. The van der Waals surface area contributed by atoms with E-state index in [0.717, 1.165) is 19.3 Å². The molecule has 3 aromatic carbocycles. The lowest BCUT2D eigenvalue weighted by Crippen LogP contribution is -2.37. The van der Waals surface area contributed by atoms with Gasteiger partial charge in [-0.3, -0.25) is 9.59 Å². The molecule has 0 spiro atoms. The van der Waals surface area contributed by atoms with Crippen LogP contribution in [0.25, 0.3) is 10.8 Å². The molecule has 0 fully saturated rings. The number of hydrogen-bond donors (Lipinski definition) is 2. The molecule has 2 N–H and O–H groups in total. The lowest BCUT2D eigenvalue weighted by Gasteiger charge is -2.23. The van der Waals surface area contributed by atoms with Crippen LogP contribution in [0, 0.1) is 0 Å². The van der Waals surface area contributed by atoms with Crippen molar-refractivity contribution in [1.29, 1.82) is 0 Å². The molecule has 4 nitrogen and oxygen atoms in total. The molecule has 0 saturated carbocycles. The van der Waals surface area contributed by atoms with E-state index in [1.807, 2.05) is 24.3 Å². The summed E-state index contributed by atoms with van der Waals surface area (Å²) in [7, 11) is 0. The van der Waals surface area contributed by atoms with Gasteiger partial charge in [-0.15, -0.1) is 0 Å². The van der Waals surface area contributed by atoms with Gasteiger partial charge < -0.3 is 10.6 Å². The van der Waals surface area contributed by atoms with Crippen LogP contribution >= 0.6 is 0 Å². The number of carbonyl (C=O) groups excluding carboxylic acids is 2. The lowest BCUT2D eigenvalue weighted by molar-refractivity contribution is 0.0962. The second-order valence-corrected chi connectivity index (χ2v) is 10.4.